The smallest absolute Gasteiger partial charge is 0.337 e. The van der Waals surface area contributed by atoms with Gasteiger partial charge >= 0.3 is 5.97 Å². The number of aromatic nitrogens is 1. The summed E-state index contributed by atoms with van der Waals surface area (Å²) < 4.78 is 4.84. The van der Waals surface area contributed by atoms with Gasteiger partial charge in [0.2, 0.25) is 0 Å². The number of unbranched alkanes of at least 4 members (excludes halogenated alkanes) is 1. The Morgan fingerprint density at radius 3 is 2.57 bits per heavy atom. The average Bonchev–Trinajstić information content (AvgIpc) is 3.13. The number of ether oxygens (including phenoxy) is 1. The molecule has 0 saturated heterocycles. The van der Waals surface area contributed by atoms with Crippen LogP contribution in [0.3, 0.4) is 0 Å². The molecule has 1 heterocycles. The van der Waals surface area contributed by atoms with Gasteiger partial charge in [-0.05, 0) is 48.6 Å². The van der Waals surface area contributed by atoms with Crippen LogP contribution >= 0.6 is 0 Å². The fraction of sp³-hybridized carbons (Fsp3) is 0.333. The van der Waals surface area contributed by atoms with Crippen molar-refractivity contribution in [2.45, 2.75) is 39.0 Å². The molecule has 0 fully saturated rings. The molecule has 0 radical (unpaired) electrons. The second kappa shape index (κ2) is 9.36. The van der Waals surface area contributed by atoms with Crippen LogP contribution in [-0.4, -0.2) is 23.8 Å². The Kier molecular flexibility index (Phi) is 6.64. The number of hydrogen-bond donors (Lipinski definition) is 1. The summed E-state index contributed by atoms with van der Waals surface area (Å²) in [6, 6.07) is 15.6. The molecular formula is C24H27NO3. The molecule has 4 heteroatoms. The number of H-pyrrole nitrogens is 1. The van der Waals surface area contributed by atoms with Crippen molar-refractivity contribution in [2.75, 3.05) is 7.11 Å². The summed E-state index contributed by atoms with van der Waals surface area (Å²) in [6.45, 7) is 2.10. The zero-order chi connectivity index (χ0) is 19.9. The number of Topliss-reactive ketones (excluding diaryl/α,β-unsaturated/α-hetero) is 1. The minimum Gasteiger partial charge on any atom is -0.465 e. The third-order valence-corrected chi connectivity index (χ3v) is 5.21. The van der Waals surface area contributed by atoms with Crippen molar-refractivity contribution in [1.29, 1.82) is 0 Å². The van der Waals surface area contributed by atoms with Crippen LogP contribution in [0.15, 0.2) is 54.7 Å². The van der Waals surface area contributed by atoms with Gasteiger partial charge in [-0.3, -0.25) is 4.79 Å². The highest BCUT2D eigenvalue weighted by Gasteiger charge is 2.21. The SMILES string of the molecule is CCCCC(=O)C(Cc1ccccc1)Cc1c[nH]c2ccc(C(=O)OC)cc12. The van der Waals surface area contributed by atoms with E-state index < -0.39 is 0 Å². The molecule has 1 aromatic heterocycles. The zero-order valence-electron chi connectivity index (χ0n) is 16.5. The van der Waals surface area contributed by atoms with Gasteiger partial charge in [0.1, 0.15) is 5.78 Å². The first-order valence-electron chi connectivity index (χ1n) is 9.87. The number of esters is 1. The molecule has 1 unspecified atom stereocenters. The van der Waals surface area contributed by atoms with Crippen molar-refractivity contribution in [1.82, 2.24) is 4.98 Å². The largest absolute Gasteiger partial charge is 0.465 e. The molecule has 0 bridgehead atoms. The molecule has 2 aromatic carbocycles. The number of nitrogens with one attached hydrogen (secondary N) is 1. The highest BCUT2D eigenvalue weighted by Crippen LogP contribution is 2.25. The molecule has 4 nitrogen and oxygen atoms in total. The quantitative estimate of drug-likeness (QED) is 0.527. The number of hydrogen-bond acceptors (Lipinski definition) is 3. The molecule has 0 aliphatic heterocycles. The Balaban J connectivity index is 1.88. The van der Waals surface area contributed by atoms with Gasteiger partial charge in [-0.15, -0.1) is 0 Å². The van der Waals surface area contributed by atoms with E-state index in [9.17, 15) is 9.59 Å². The predicted molar refractivity (Wildman–Crippen MR) is 112 cm³/mol. The van der Waals surface area contributed by atoms with E-state index in [4.69, 9.17) is 4.74 Å². The fourth-order valence-corrected chi connectivity index (χ4v) is 3.61. The minimum atomic E-state index is -0.353. The lowest BCUT2D eigenvalue weighted by Crippen LogP contribution is -2.19. The molecule has 3 rings (SSSR count). The third-order valence-electron chi connectivity index (χ3n) is 5.21. The highest BCUT2D eigenvalue weighted by atomic mass is 16.5. The number of benzene rings is 2. The molecule has 3 aromatic rings. The van der Waals surface area contributed by atoms with E-state index in [1.807, 2.05) is 36.5 Å². The lowest BCUT2D eigenvalue weighted by molar-refractivity contribution is -0.122. The molecule has 0 amide bonds. The van der Waals surface area contributed by atoms with Crippen molar-refractivity contribution in [3.05, 3.63) is 71.4 Å². The first-order chi connectivity index (χ1) is 13.6. The lowest BCUT2D eigenvalue weighted by Gasteiger charge is -2.16. The fourth-order valence-electron chi connectivity index (χ4n) is 3.61. The van der Waals surface area contributed by atoms with Gasteiger partial charge in [-0.25, -0.2) is 4.79 Å². The van der Waals surface area contributed by atoms with Gasteiger partial charge in [0.15, 0.2) is 0 Å². The van der Waals surface area contributed by atoms with E-state index in [-0.39, 0.29) is 11.9 Å². The second-order valence-electron chi connectivity index (χ2n) is 7.23. The summed E-state index contributed by atoms with van der Waals surface area (Å²) in [5.41, 5.74) is 3.72. The molecule has 146 valence electrons. The minimum absolute atomic E-state index is 0.0743. The highest BCUT2D eigenvalue weighted by molar-refractivity contribution is 5.95. The number of ketones is 1. The maximum Gasteiger partial charge on any atom is 0.337 e. The summed E-state index contributed by atoms with van der Waals surface area (Å²) in [5, 5.41) is 0.976. The third kappa shape index (κ3) is 4.69. The van der Waals surface area contributed by atoms with E-state index in [0.29, 0.717) is 24.2 Å². The van der Waals surface area contributed by atoms with Gasteiger partial charge in [-0.2, -0.15) is 0 Å². The summed E-state index contributed by atoms with van der Waals surface area (Å²) >= 11 is 0. The van der Waals surface area contributed by atoms with Crippen molar-refractivity contribution in [2.24, 2.45) is 5.92 Å². The number of rotatable bonds is 9. The van der Waals surface area contributed by atoms with Crippen LogP contribution in [0.25, 0.3) is 10.9 Å². The maximum absolute atomic E-state index is 12.9. The molecule has 0 aliphatic rings. The second-order valence-corrected chi connectivity index (χ2v) is 7.23. The standard InChI is InChI=1S/C24H27NO3/c1-3-4-10-23(26)19(13-17-8-6-5-7-9-17)14-20-16-25-22-12-11-18(15-21(20)22)24(27)28-2/h5-9,11-12,15-16,19,25H,3-4,10,13-14H2,1-2H3. The van der Waals surface area contributed by atoms with E-state index in [1.165, 1.54) is 12.7 Å². The molecule has 0 spiro atoms. The Morgan fingerprint density at radius 2 is 1.86 bits per heavy atom. The van der Waals surface area contributed by atoms with Crippen LogP contribution in [0.2, 0.25) is 0 Å². The van der Waals surface area contributed by atoms with Crippen LogP contribution in [0.1, 0.15) is 47.7 Å². The Bertz CT molecular complexity index is 943. The number of carbonyl (C=O) groups excluding carboxylic acids is 2. The van der Waals surface area contributed by atoms with E-state index in [0.717, 1.165) is 35.7 Å². The van der Waals surface area contributed by atoms with Gasteiger partial charge in [0.05, 0.1) is 12.7 Å². The van der Waals surface area contributed by atoms with Gasteiger partial charge in [0, 0.05) is 29.4 Å². The maximum atomic E-state index is 12.9. The molecule has 28 heavy (non-hydrogen) atoms. The first kappa shape index (κ1) is 19.9. The van der Waals surface area contributed by atoms with Crippen molar-refractivity contribution < 1.29 is 14.3 Å². The Morgan fingerprint density at radius 1 is 1.07 bits per heavy atom. The zero-order valence-corrected chi connectivity index (χ0v) is 16.5. The lowest BCUT2D eigenvalue weighted by atomic mass is 9.87. The van der Waals surface area contributed by atoms with Crippen molar-refractivity contribution in [3.63, 3.8) is 0 Å². The molecular weight excluding hydrogens is 350 g/mol. The number of carbonyl (C=O) groups is 2. The van der Waals surface area contributed by atoms with Gasteiger partial charge < -0.3 is 9.72 Å². The molecule has 0 saturated carbocycles. The summed E-state index contributed by atoms with van der Waals surface area (Å²) in [6.07, 6.45) is 5.89. The van der Waals surface area contributed by atoms with Crippen LogP contribution in [-0.2, 0) is 22.4 Å². The van der Waals surface area contributed by atoms with E-state index in [2.05, 4.69) is 24.0 Å². The summed E-state index contributed by atoms with van der Waals surface area (Å²) in [4.78, 5) is 28.1. The number of fused-ring (bicyclic) bond motifs is 1. The number of aromatic amines is 1. The predicted octanol–water partition coefficient (Wildman–Crippen LogP) is 5.12. The van der Waals surface area contributed by atoms with Gasteiger partial charge in [-0.1, -0.05) is 43.7 Å². The molecule has 0 aliphatic carbocycles. The normalized spacial score (nSPS) is 12.1. The Hall–Kier alpha value is -2.88. The Labute approximate surface area is 165 Å². The van der Waals surface area contributed by atoms with E-state index >= 15 is 0 Å². The summed E-state index contributed by atoms with van der Waals surface area (Å²) in [7, 11) is 1.38. The van der Waals surface area contributed by atoms with E-state index in [1.54, 1.807) is 6.07 Å². The number of methoxy groups -OCH3 is 1. The van der Waals surface area contributed by atoms with Crippen LogP contribution in [0.5, 0.6) is 0 Å². The summed E-state index contributed by atoms with van der Waals surface area (Å²) in [5.74, 6) is -0.118. The average molecular weight is 377 g/mol. The van der Waals surface area contributed by atoms with Crippen molar-refractivity contribution in [3.8, 4) is 0 Å². The van der Waals surface area contributed by atoms with Gasteiger partial charge in [0.25, 0.3) is 0 Å². The van der Waals surface area contributed by atoms with Crippen LogP contribution in [0.4, 0.5) is 0 Å². The monoisotopic (exact) mass is 377 g/mol. The first-order valence-corrected chi connectivity index (χ1v) is 9.87. The van der Waals surface area contributed by atoms with Crippen LogP contribution < -0.4 is 0 Å². The molecule has 1 N–H and O–H groups in total. The molecule has 1 atom stereocenters. The topological polar surface area (TPSA) is 59.2 Å². The van der Waals surface area contributed by atoms with Crippen LogP contribution in [0, 0.1) is 5.92 Å². The van der Waals surface area contributed by atoms with Crippen molar-refractivity contribution >= 4 is 22.7 Å².